The summed E-state index contributed by atoms with van der Waals surface area (Å²) >= 11 is -0.472. The second-order valence-corrected chi connectivity index (χ2v) is 3.33. The Labute approximate surface area is 91.4 Å². The summed E-state index contributed by atoms with van der Waals surface area (Å²) in [6.07, 6.45) is 0. The molecule has 0 rings (SSSR count). The van der Waals surface area contributed by atoms with Crippen molar-refractivity contribution in [3.63, 3.8) is 0 Å². The maximum atomic E-state index is 4.88. The Morgan fingerprint density at radius 3 is 0.700 bits per heavy atom. The Balaban J connectivity index is -0.000000000952. The molecular weight excluding hydrogens is 549 g/mol. The third kappa shape index (κ3) is 251. The van der Waals surface area contributed by atoms with Gasteiger partial charge < -0.3 is 35.6 Å². The van der Waals surface area contributed by atoms with Gasteiger partial charge in [-0.05, 0) is 0 Å². The molecule has 0 saturated heterocycles. The zero-order chi connectivity index (χ0) is 2.71. The topological polar surface area (TPSA) is 197 Å². The first-order valence-corrected chi connectivity index (χ1v) is 5.87. The van der Waals surface area contributed by atoms with Crippen molar-refractivity contribution < 1.29 is 48.5 Å². The molecular formula is H12Cl2N4O2Pt2. The van der Waals surface area contributed by atoms with Crippen LogP contribution in [0.25, 0.3) is 24.6 Å². The predicted molar refractivity (Wildman–Crippen MR) is 40.1 cm³/mol. The first-order valence-electron chi connectivity index (χ1n) is 0.239. The Morgan fingerprint density at radius 2 is 0.700 bits per heavy atom. The summed E-state index contributed by atoms with van der Waals surface area (Å²) in [7, 11) is 9.75. The molecule has 0 aliphatic rings. The van der Waals surface area contributed by atoms with E-state index in [-0.39, 0.29) is 56.6 Å². The fraction of sp³-hybridized carbons (Fsp3) is 0. The molecule has 0 atom stereocenters. The molecule has 0 unspecified atom stereocenters. The van der Waals surface area contributed by atoms with Crippen molar-refractivity contribution >= 4 is 18.8 Å². The smallest absolute Gasteiger partial charge is 0.693 e. The third-order valence-corrected chi connectivity index (χ3v) is 0. The van der Waals surface area contributed by atoms with Crippen molar-refractivity contribution in [3.05, 3.63) is 24.6 Å². The quantitative estimate of drug-likeness (QED) is 0.420. The maximum absolute atomic E-state index is 4.88. The number of halogens is 2. The monoisotopic (exact) mass is 560 g/mol. The van der Waals surface area contributed by atoms with Gasteiger partial charge in [0, 0.05) is 0 Å². The van der Waals surface area contributed by atoms with Crippen LogP contribution in [0.15, 0.2) is 0 Å². The average Bonchev–Trinajstić information content (AvgIpc) is 0.918. The van der Waals surface area contributed by atoms with Gasteiger partial charge in [0.1, 0.15) is 0 Å². The van der Waals surface area contributed by atoms with Gasteiger partial charge in [-0.1, -0.05) is 0 Å². The molecule has 0 heterocycles. The molecule has 0 aromatic heterocycles. The molecule has 0 aromatic rings. The van der Waals surface area contributed by atoms with Crippen LogP contribution < -0.4 is 0 Å². The summed E-state index contributed by atoms with van der Waals surface area (Å²) in [4.78, 5) is 0. The molecule has 10 heavy (non-hydrogen) atoms. The molecule has 0 aromatic carbocycles. The van der Waals surface area contributed by atoms with Crippen LogP contribution >= 0.6 is 18.8 Å². The van der Waals surface area contributed by atoms with Crippen LogP contribution in [0.5, 0.6) is 0 Å². The second-order valence-electron chi connectivity index (χ2n) is 0.0452. The summed E-state index contributed by atoms with van der Waals surface area (Å²) in [5, 5.41) is 0. The SMILES string of the molecule is O.O.[Cl][Pt+2][Cl].[NH2-].[NH2-].[NH2-].[NH2-].[Pt+2]. The molecule has 0 aliphatic carbocycles. The van der Waals surface area contributed by atoms with Crippen molar-refractivity contribution in [2.24, 2.45) is 0 Å². The third-order valence-electron chi connectivity index (χ3n) is 0. The van der Waals surface area contributed by atoms with Crippen molar-refractivity contribution in [1.82, 2.24) is 0 Å². The summed E-state index contributed by atoms with van der Waals surface area (Å²) < 4.78 is 0. The fourth-order valence-electron chi connectivity index (χ4n) is 0. The van der Waals surface area contributed by atoms with E-state index in [1.807, 2.05) is 0 Å². The van der Waals surface area contributed by atoms with Crippen molar-refractivity contribution in [2.45, 2.75) is 0 Å². The number of nitrogens with two attached hydrogens (primary N) is 4. The van der Waals surface area contributed by atoms with Crippen LogP contribution in [0.1, 0.15) is 0 Å². The molecule has 0 aliphatic heterocycles. The largest absolute Gasteiger partial charge is 2.00 e. The summed E-state index contributed by atoms with van der Waals surface area (Å²) in [6, 6.07) is 0. The van der Waals surface area contributed by atoms with Crippen LogP contribution in [0.3, 0.4) is 0 Å². The van der Waals surface area contributed by atoms with Gasteiger partial charge in [0.2, 0.25) is 0 Å². The Hall–Kier alpha value is 1.72. The van der Waals surface area contributed by atoms with Gasteiger partial charge in [-0.25, -0.2) is 0 Å². The van der Waals surface area contributed by atoms with E-state index in [1.54, 1.807) is 0 Å². The molecule has 10 heteroatoms. The molecule has 0 radical (unpaired) electrons. The molecule has 0 amide bonds. The normalized spacial score (nSPS) is 2.20. The summed E-state index contributed by atoms with van der Waals surface area (Å²) in [5.41, 5.74) is 0. The Morgan fingerprint density at radius 1 is 0.700 bits per heavy atom. The number of hydrogen-bond acceptors (Lipinski definition) is 0. The predicted octanol–water partition coefficient (Wildman–Crippen LogP) is 2.59. The average molecular weight is 561 g/mol. The van der Waals surface area contributed by atoms with Gasteiger partial charge in [-0.15, -0.1) is 0 Å². The van der Waals surface area contributed by atoms with Crippen molar-refractivity contribution in [1.29, 1.82) is 0 Å². The van der Waals surface area contributed by atoms with Crippen molar-refractivity contribution in [3.8, 4) is 0 Å². The molecule has 12 N–H and O–H groups in total. The van der Waals surface area contributed by atoms with E-state index >= 15 is 0 Å². The number of hydrogen-bond donors (Lipinski definition) is 0. The van der Waals surface area contributed by atoms with E-state index in [0.29, 0.717) is 0 Å². The fourth-order valence-corrected chi connectivity index (χ4v) is 0. The maximum Gasteiger partial charge on any atom is 2.00 e. The zero-order valence-corrected chi connectivity index (χ0v) is 10.8. The second kappa shape index (κ2) is 137. The number of rotatable bonds is 0. The van der Waals surface area contributed by atoms with Crippen molar-refractivity contribution in [2.75, 3.05) is 0 Å². The zero-order valence-electron chi connectivity index (χ0n) is 4.70. The molecule has 0 saturated carbocycles. The van der Waals surface area contributed by atoms with Gasteiger partial charge in [-0.2, -0.15) is 0 Å². The Kier molecular flexibility index (Phi) is 1340. The Bertz CT molecular complexity index is 19.2. The van der Waals surface area contributed by atoms with E-state index < -0.39 is 16.5 Å². The minimum Gasteiger partial charge on any atom is -0.693 e. The minimum atomic E-state index is -0.472. The van der Waals surface area contributed by atoms with E-state index in [9.17, 15) is 0 Å². The van der Waals surface area contributed by atoms with Crippen LogP contribution in [-0.2, 0) is 37.5 Å². The van der Waals surface area contributed by atoms with E-state index in [4.69, 9.17) is 18.8 Å². The van der Waals surface area contributed by atoms with Gasteiger partial charge in [0.25, 0.3) is 0 Å². The standard InChI is InChI=1S/2ClH.4H2N.2H2O.2Pt/h2*1H;6*1H2;;/q;;4*-1;;;+2;+4/p-2. The van der Waals surface area contributed by atoms with E-state index in [0.717, 1.165) is 0 Å². The van der Waals surface area contributed by atoms with Gasteiger partial charge in [-0.3, -0.25) is 0 Å². The van der Waals surface area contributed by atoms with Gasteiger partial charge >= 0.3 is 56.4 Å². The summed E-state index contributed by atoms with van der Waals surface area (Å²) in [5.74, 6) is 0. The van der Waals surface area contributed by atoms with E-state index in [1.165, 1.54) is 0 Å². The van der Waals surface area contributed by atoms with Crippen LogP contribution in [0, 0.1) is 0 Å². The minimum absolute atomic E-state index is 0. The molecule has 0 bridgehead atoms. The van der Waals surface area contributed by atoms with E-state index in [2.05, 4.69) is 0 Å². The summed E-state index contributed by atoms with van der Waals surface area (Å²) in [6.45, 7) is 0. The van der Waals surface area contributed by atoms with Gasteiger partial charge in [0.05, 0.1) is 0 Å². The molecule has 0 spiro atoms. The van der Waals surface area contributed by atoms with Crippen LogP contribution in [-0.4, -0.2) is 11.0 Å². The first-order chi connectivity index (χ1) is 1.41. The molecule has 0 fully saturated rings. The van der Waals surface area contributed by atoms with Crippen LogP contribution in [0.4, 0.5) is 0 Å². The van der Waals surface area contributed by atoms with Crippen LogP contribution in [0.2, 0.25) is 0 Å². The molecule has 78 valence electrons. The first kappa shape index (κ1) is 97.4. The molecule has 6 nitrogen and oxygen atoms in total. The van der Waals surface area contributed by atoms with Gasteiger partial charge in [0.15, 0.2) is 0 Å².